The van der Waals surface area contributed by atoms with Gasteiger partial charge in [0.25, 0.3) is 5.91 Å². The normalized spacial score (nSPS) is 14.9. The molecule has 8 nitrogen and oxygen atoms in total. The standard InChI is InChI=1S/C24H20F3N5O3S/c1-28-18-4-3-16(19(12-18)24(25,26)27)14-32-20-5-2-15(10-17(20)13-29-32)11-21-22(35)30-23(36-21)31(6-8-33)7-9-34/h2-5,10-13,33-34H,6-9,14H2/b21-11-. The average molecular weight is 516 g/mol. The van der Waals surface area contributed by atoms with Gasteiger partial charge in [-0.05, 0) is 47.2 Å². The average Bonchev–Trinajstić information content (AvgIpc) is 3.41. The maximum Gasteiger partial charge on any atom is 0.415 e. The van der Waals surface area contributed by atoms with E-state index < -0.39 is 17.6 Å². The predicted octanol–water partition coefficient (Wildman–Crippen LogP) is 3.91. The molecule has 1 aliphatic rings. The number of rotatable bonds is 7. The third-order valence-corrected chi connectivity index (χ3v) is 6.48. The fourth-order valence-electron chi connectivity index (χ4n) is 3.75. The van der Waals surface area contributed by atoms with E-state index in [4.69, 9.17) is 6.57 Å². The molecule has 2 N–H and O–H groups in total. The van der Waals surface area contributed by atoms with Crippen molar-refractivity contribution < 1.29 is 28.2 Å². The van der Waals surface area contributed by atoms with Gasteiger partial charge in [0.1, 0.15) is 0 Å². The molecule has 2 aromatic carbocycles. The van der Waals surface area contributed by atoms with Crippen LogP contribution in [0.15, 0.2) is 52.5 Å². The van der Waals surface area contributed by atoms with E-state index in [-0.39, 0.29) is 44.1 Å². The summed E-state index contributed by atoms with van der Waals surface area (Å²) in [6.07, 6.45) is -1.41. The van der Waals surface area contributed by atoms with Crippen LogP contribution in [0.25, 0.3) is 21.8 Å². The largest absolute Gasteiger partial charge is 0.415 e. The molecule has 0 unspecified atom stereocenters. The van der Waals surface area contributed by atoms with Crippen LogP contribution >= 0.6 is 11.8 Å². The lowest BCUT2D eigenvalue weighted by atomic mass is 10.1. The third kappa shape index (κ3) is 5.43. The quantitative estimate of drug-likeness (QED) is 0.366. The Kier molecular flexibility index (Phi) is 7.44. The highest BCUT2D eigenvalue weighted by atomic mass is 32.2. The van der Waals surface area contributed by atoms with E-state index >= 15 is 0 Å². The number of carbonyl (C=O) groups is 1. The number of aliphatic imine (C=N–C) groups is 1. The van der Waals surface area contributed by atoms with Gasteiger partial charge in [-0.15, -0.1) is 0 Å². The number of amidine groups is 1. The molecule has 12 heteroatoms. The fourth-order valence-corrected chi connectivity index (χ4v) is 4.71. The molecule has 3 aromatic rings. The molecule has 0 spiro atoms. The lowest BCUT2D eigenvalue weighted by Gasteiger charge is -2.20. The maximum absolute atomic E-state index is 13.5. The number of aromatic nitrogens is 2. The number of hydrogen-bond donors (Lipinski definition) is 2. The van der Waals surface area contributed by atoms with Gasteiger partial charge in [0.05, 0.1) is 48.5 Å². The molecule has 0 aliphatic carbocycles. The van der Waals surface area contributed by atoms with Crippen LogP contribution in [0.2, 0.25) is 0 Å². The minimum atomic E-state index is -4.60. The molecule has 0 saturated carbocycles. The van der Waals surface area contributed by atoms with Gasteiger partial charge < -0.3 is 15.1 Å². The third-order valence-electron chi connectivity index (χ3n) is 5.43. The van der Waals surface area contributed by atoms with Gasteiger partial charge in [0, 0.05) is 18.5 Å². The van der Waals surface area contributed by atoms with Gasteiger partial charge in [-0.25, -0.2) is 4.85 Å². The second-order valence-electron chi connectivity index (χ2n) is 7.82. The summed E-state index contributed by atoms with van der Waals surface area (Å²) < 4.78 is 42.1. The summed E-state index contributed by atoms with van der Waals surface area (Å²) in [5.41, 5.74) is 0.335. The number of hydrogen-bond acceptors (Lipinski definition) is 6. The molecule has 1 aliphatic heterocycles. The van der Waals surface area contributed by atoms with Gasteiger partial charge in [-0.1, -0.05) is 18.2 Å². The van der Waals surface area contributed by atoms with E-state index in [2.05, 4.69) is 14.9 Å². The van der Waals surface area contributed by atoms with Crippen LogP contribution in [-0.4, -0.2) is 62.3 Å². The van der Waals surface area contributed by atoms with E-state index in [1.165, 1.54) is 23.0 Å². The molecule has 0 fully saturated rings. The Bertz CT molecular complexity index is 1400. The van der Waals surface area contributed by atoms with E-state index in [0.717, 1.165) is 17.8 Å². The second-order valence-corrected chi connectivity index (χ2v) is 8.83. The van der Waals surface area contributed by atoms with Crippen LogP contribution in [0.5, 0.6) is 0 Å². The minimum Gasteiger partial charge on any atom is -0.395 e. The number of benzene rings is 2. The van der Waals surface area contributed by atoms with E-state index in [0.29, 0.717) is 26.5 Å². The number of amides is 1. The van der Waals surface area contributed by atoms with Crippen LogP contribution in [0, 0.1) is 6.57 Å². The molecule has 1 amide bonds. The topological polar surface area (TPSA) is 95.3 Å². The Morgan fingerprint density at radius 2 is 1.89 bits per heavy atom. The van der Waals surface area contributed by atoms with Crippen molar-refractivity contribution in [1.82, 2.24) is 14.7 Å². The summed E-state index contributed by atoms with van der Waals surface area (Å²) >= 11 is 1.14. The second kappa shape index (κ2) is 10.5. The molecule has 2 heterocycles. The van der Waals surface area contributed by atoms with Gasteiger partial charge in [-0.2, -0.15) is 23.3 Å². The van der Waals surface area contributed by atoms with Crippen molar-refractivity contribution in [2.24, 2.45) is 4.99 Å². The van der Waals surface area contributed by atoms with Crippen molar-refractivity contribution in [3.63, 3.8) is 0 Å². The monoisotopic (exact) mass is 515 g/mol. The first-order valence-corrected chi connectivity index (χ1v) is 11.6. The van der Waals surface area contributed by atoms with Crippen LogP contribution in [-0.2, 0) is 17.5 Å². The minimum absolute atomic E-state index is 0.000891. The Morgan fingerprint density at radius 3 is 2.56 bits per heavy atom. The summed E-state index contributed by atoms with van der Waals surface area (Å²) in [7, 11) is 0. The first kappa shape index (κ1) is 25.4. The number of aliphatic hydroxyl groups is 2. The summed E-state index contributed by atoms with van der Waals surface area (Å²) in [6.45, 7) is 7.01. The molecule has 186 valence electrons. The van der Waals surface area contributed by atoms with Crippen molar-refractivity contribution in [2.45, 2.75) is 12.7 Å². The number of halogens is 3. The highest BCUT2D eigenvalue weighted by Gasteiger charge is 2.33. The van der Waals surface area contributed by atoms with Gasteiger partial charge in [0.15, 0.2) is 10.9 Å². The summed E-state index contributed by atoms with van der Waals surface area (Å²) in [6, 6.07) is 8.69. The van der Waals surface area contributed by atoms with Crippen LogP contribution in [0.1, 0.15) is 16.7 Å². The smallest absolute Gasteiger partial charge is 0.395 e. The van der Waals surface area contributed by atoms with Crippen LogP contribution in [0.3, 0.4) is 0 Å². The number of nitrogens with zero attached hydrogens (tertiary/aromatic N) is 5. The van der Waals surface area contributed by atoms with Crippen molar-refractivity contribution in [3.8, 4) is 0 Å². The molecular formula is C24H20F3N5O3S. The molecule has 36 heavy (non-hydrogen) atoms. The first-order chi connectivity index (χ1) is 17.2. The van der Waals surface area contributed by atoms with E-state index in [1.54, 1.807) is 29.2 Å². The van der Waals surface area contributed by atoms with Crippen LogP contribution < -0.4 is 0 Å². The number of alkyl halides is 3. The SMILES string of the molecule is [C-]#[N+]c1ccc(Cn2ncc3cc(/C=C4\SC(N(CCO)CCO)=NC4=O)ccc32)c(C(F)(F)F)c1. The highest BCUT2D eigenvalue weighted by molar-refractivity contribution is 8.18. The Labute approximate surface area is 208 Å². The summed E-state index contributed by atoms with van der Waals surface area (Å²) in [5.74, 6) is -0.436. The molecule has 0 saturated heterocycles. The van der Waals surface area contributed by atoms with Crippen molar-refractivity contribution >= 4 is 45.5 Å². The van der Waals surface area contributed by atoms with Gasteiger partial charge in [0.2, 0.25) is 0 Å². The Morgan fingerprint density at radius 1 is 1.14 bits per heavy atom. The lowest BCUT2D eigenvalue weighted by Crippen LogP contribution is -2.33. The molecule has 0 bridgehead atoms. The number of aliphatic hydroxyl groups excluding tert-OH is 2. The van der Waals surface area contributed by atoms with Crippen molar-refractivity contribution in [1.29, 1.82) is 0 Å². The molecule has 1 aromatic heterocycles. The molecule has 0 radical (unpaired) electrons. The number of carbonyl (C=O) groups excluding carboxylic acids is 1. The summed E-state index contributed by atoms with van der Waals surface area (Å²) in [5, 5.41) is 23.7. The lowest BCUT2D eigenvalue weighted by molar-refractivity contribution is -0.138. The Balaban J connectivity index is 1.58. The van der Waals surface area contributed by atoms with E-state index in [9.17, 15) is 28.2 Å². The summed E-state index contributed by atoms with van der Waals surface area (Å²) in [4.78, 5) is 21.5. The van der Waals surface area contributed by atoms with Crippen molar-refractivity contribution in [2.75, 3.05) is 26.3 Å². The zero-order chi connectivity index (χ0) is 25.9. The maximum atomic E-state index is 13.5. The number of thioether (sulfide) groups is 1. The Hall–Kier alpha value is -3.66. The van der Waals surface area contributed by atoms with Gasteiger partial charge in [-0.3, -0.25) is 9.48 Å². The van der Waals surface area contributed by atoms with Gasteiger partial charge >= 0.3 is 6.18 Å². The molecule has 0 atom stereocenters. The predicted molar refractivity (Wildman–Crippen MR) is 130 cm³/mol. The molecular weight excluding hydrogens is 495 g/mol. The zero-order valence-corrected chi connectivity index (χ0v) is 19.6. The zero-order valence-electron chi connectivity index (χ0n) is 18.7. The fraction of sp³-hybridized carbons (Fsp3) is 0.250. The number of fused-ring (bicyclic) bond motifs is 1. The molecule has 4 rings (SSSR count). The van der Waals surface area contributed by atoms with E-state index in [1.807, 2.05) is 0 Å². The highest BCUT2D eigenvalue weighted by Crippen LogP contribution is 2.35. The first-order valence-electron chi connectivity index (χ1n) is 10.8. The van der Waals surface area contributed by atoms with Crippen LogP contribution in [0.4, 0.5) is 18.9 Å². The van der Waals surface area contributed by atoms with Crippen molar-refractivity contribution in [3.05, 3.63) is 75.6 Å².